The number of thioether (sulfide) groups is 1. The van der Waals surface area contributed by atoms with Crippen LogP contribution in [-0.4, -0.2) is 58.0 Å². The molecule has 0 amide bonds. The van der Waals surface area contributed by atoms with Crippen LogP contribution in [0.15, 0.2) is 63.3 Å². The molecule has 0 heterocycles. The van der Waals surface area contributed by atoms with Crippen molar-refractivity contribution in [2.75, 3.05) is 34.4 Å². The number of hydrogen-bond donors (Lipinski definition) is 1. The average Bonchev–Trinajstić information content (AvgIpc) is 2.69. The van der Waals surface area contributed by atoms with Crippen molar-refractivity contribution in [2.45, 2.75) is 22.9 Å². The highest BCUT2D eigenvalue weighted by Gasteiger charge is 2.20. The highest BCUT2D eigenvalue weighted by Crippen LogP contribution is 2.19. The summed E-state index contributed by atoms with van der Waals surface area (Å²) in [5, 5.41) is 3.27. The van der Waals surface area contributed by atoms with E-state index in [0.717, 1.165) is 0 Å². The Morgan fingerprint density at radius 3 is 2.29 bits per heavy atom. The lowest BCUT2D eigenvalue weighted by molar-refractivity contribution is 0.475. The van der Waals surface area contributed by atoms with Crippen molar-refractivity contribution in [3.63, 3.8) is 0 Å². The summed E-state index contributed by atoms with van der Waals surface area (Å²) in [7, 11) is 3.25. The first kappa shape index (κ1) is 22.3. The number of aliphatic imine (C=N–C) groups is 1. The summed E-state index contributed by atoms with van der Waals surface area (Å²) in [6, 6.07) is 15.4. The number of guanidine groups is 1. The van der Waals surface area contributed by atoms with E-state index in [-0.39, 0.29) is 0 Å². The minimum Gasteiger partial charge on any atom is -0.352 e. The molecule has 2 rings (SSSR count). The van der Waals surface area contributed by atoms with Gasteiger partial charge in [0.1, 0.15) is 0 Å². The third kappa shape index (κ3) is 5.50. The van der Waals surface area contributed by atoms with E-state index < -0.39 is 10.0 Å². The summed E-state index contributed by atoms with van der Waals surface area (Å²) in [4.78, 5) is 7.87. The van der Waals surface area contributed by atoms with Crippen LogP contribution in [0, 0.1) is 0 Å². The second-order valence-electron chi connectivity index (χ2n) is 6.50. The third-order valence-electron chi connectivity index (χ3n) is 4.32. The van der Waals surface area contributed by atoms with Crippen LogP contribution in [0.1, 0.15) is 11.1 Å². The lowest BCUT2D eigenvalue weighted by atomic mass is 10.2. The van der Waals surface area contributed by atoms with Crippen LogP contribution in [0.25, 0.3) is 0 Å². The largest absolute Gasteiger partial charge is 0.352 e. The van der Waals surface area contributed by atoms with Gasteiger partial charge in [-0.05, 0) is 35.6 Å². The minimum atomic E-state index is -3.50. The van der Waals surface area contributed by atoms with Crippen LogP contribution in [0.3, 0.4) is 0 Å². The predicted octanol–water partition coefficient (Wildman–Crippen LogP) is 2.87. The average molecular weight is 421 g/mol. The summed E-state index contributed by atoms with van der Waals surface area (Å²) in [5.74, 6) is 0.700. The number of hydrogen-bond acceptors (Lipinski definition) is 4. The van der Waals surface area contributed by atoms with E-state index in [0.29, 0.717) is 29.5 Å². The van der Waals surface area contributed by atoms with Gasteiger partial charge in [-0.2, -0.15) is 0 Å². The maximum atomic E-state index is 12.6. The summed E-state index contributed by atoms with van der Waals surface area (Å²) < 4.78 is 26.3. The van der Waals surface area contributed by atoms with E-state index in [1.165, 1.54) is 28.9 Å². The number of nitrogens with zero attached hydrogens (tertiary/aromatic N) is 3. The zero-order valence-electron chi connectivity index (χ0n) is 17.0. The zero-order chi connectivity index (χ0) is 20.7. The Labute approximate surface area is 172 Å². The molecule has 0 bridgehead atoms. The fourth-order valence-corrected chi connectivity index (χ4v) is 4.26. The highest BCUT2D eigenvalue weighted by molar-refractivity contribution is 7.98. The highest BCUT2D eigenvalue weighted by atomic mass is 32.2. The monoisotopic (exact) mass is 420 g/mol. The normalized spacial score (nSPS) is 12.3. The van der Waals surface area contributed by atoms with Crippen molar-refractivity contribution in [2.24, 2.45) is 4.99 Å². The first-order chi connectivity index (χ1) is 13.3. The van der Waals surface area contributed by atoms with Crippen molar-refractivity contribution in [1.82, 2.24) is 14.5 Å². The van der Waals surface area contributed by atoms with E-state index >= 15 is 0 Å². The zero-order valence-corrected chi connectivity index (χ0v) is 18.6. The molecule has 1 N–H and O–H groups in total. The van der Waals surface area contributed by atoms with Crippen LogP contribution >= 0.6 is 11.8 Å². The Morgan fingerprint density at radius 1 is 1.07 bits per heavy atom. The maximum Gasteiger partial charge on any atom is 0.242 e. The molecule has 2 aromatic rings. The second-order valence-corrected chi connectivity index (χ2v) is 9.50. The van der Waals surface area contributed by atoms with Gasteiger partial charge in [-0.15, -0.1) is 11.8 Å². The summed E-state index contributed by atoms with van der Waals surface area (Å²) in [6.07, 6.45) is 2.06. The number of sulfonamides is 1. The predicted molar refractivity (Wildman–Crippen MR) is 117 cm³/mol. The molecule has 0 fully saturated rings. The summed E-state index contributed by atoms with van der Waals surface area (Å²) in [5.41, 5.74) is 1.88. The van der Waals surface area contributed by atoms with Crippen molar-refractivity contribution in [1.29, 1.82) is 0 Å². The minimum absolute atomic E-state index is 0.304. The molecule has 152 valence electrons. The molecule has 0 saturated heterocycles. The SMILES string of the molecule is CN=C(NCc1ccccc1S(=O)(=O)N(C)C)N(C)Cc1ccc(SC)cc1. The first-order valence-electron chi connectivity index (χ1n) is 8.84. The van der Waals surface area contributed by atoms with Gasteiger partial charge in [-0.25, -0.2) is 12.7 Å². The molecular weight excluding hydrogens is 392 g/mol. The lowest BCUT2D eigenvalue weighted by Gasteiger charge is -2.23. The van der Waals surface area contributed by atoms with Gasteiger partial charge in [0.2, 0.25) is 10.0 Å². The van der Waals surface area contributed by atoms with Gasteiger partial charge < -0.3 is 10.2 Å². The molecule has 0 unspecified atom stereocenters. The van der Waals surface area contributed by atoms with Gasteiger partial charge >= 0.3 is 0 Å². The molecule has 0 radical (unpaired) electrons. The van der Waals surface area contributed by atoms with Crippen LogP contribution in [0.5, 0.6) is 0 Å². The van der Waals surface area contributed by atoms with E-state index in [1.807, 2.05) is 24.1 Å². The van der Waals surface area contributed by atoms with Gasteiger partial charge in [-0.3, -0.25) is 4.99 Å². The molecule has 8 heteroatoms. The Balaban J connectivity index is 2.10. The lowest BCUT2D eigenvalue weighted by Crippen LogP contribution is -2.38. The molecule has 0 spiro atoms. The molecule has 6 nitrogen and oxygen atoms in total. The van der Waals surface area contributed by atoms with E-state index in [1.54, 1.807) is 30.9 Å². The molecule has 2 aromatic carbocycles. The Morgan fingerprint density at radius 2 is 1.71 bits per heavy atom. The van der Waals surface area contributed by atoms with Crippen molar-refractivity contribution >= 4 is 27.7 Å². The second kappa shape index (κ2) is 9.95. The van der Waals surface area contributed by atoms with Crippen molar-refractivity contribution in [3.05, 3.63) is 59.7 Å². The first-order valence-corrected chi connectivity index (χ1v) is 11.5. The Kier molecular flexibility index (Phi) is 7.91. The topological polar surface area (TPSA) is 65.0 Å². The van der Waals surface area contributed by atoms with E-state index in [4.69, 9.17) is 0 Å². The van der Waals surface area contributed by atoms with E-state index in [9.17, 15) is 8.42 Å². The molecule has 0 aliphatic carbocycles. The van der Waals surface area contributed by atoms with Gasteiger partial charge in [0, 0.05) is 46.2 Å². The molecule has 28 heavy (non-hydrogen) atoms. The third-order valence-corrected chi connectivity index (χ3v) is 6.98. The quantitative estimate of drug-likeness (QED) is 0.424. The molecule has 0 aromatic heterocycles. The number of rotatable bonds is 7. The number of benzene rings is 2. The molecule has 0 aliphatic heterocycles. The van der Waals surface area contributed by atoms with Gasteiger partial charge in [0.05, 0.1) is 4.90 Å². The fraction of sp³-hybridized carbons (Fsp3) is 0.350. The molecule has 0 atom stereocenters. The van der Waals surface area contributed by atoms with Crippen LogP contribution < -0.4 is 5.32 Å². The van der Waals surface area contributed by atoms with Crippen LogP contribution in [0.4, 0.5) is 0 Å². The molecule has 0 aliphatic rings. The smallest absolute Gasteiger partial charge is 0.242 e. The standard InChI is InChI=1S/C20H28N4O2S2/c1-21-20(24(4)15-16-10-12-18(27-5)13-11-16)22-14-17-8-6-7-9-19(17)28(25,26)23(2)3/h6-13H,14-15H2,1-5H3,(H,21,22). The number of nitrogens with one attached hydrogen (secondary N) is 1. The summed E-state index contributed by atoms with van der Waals surface area (Å²) in [6.45, 7) is 1.07. The van der Waals surface area contributed by atoms with Gasteiger partial charge in [0.25, 0.3) is 0 Å². The van der Waals surface area contributed by atoms with Crippen LogP contribution in [-0.2, 0) is 23.1 Å². The Hall–Kier alpha value is -2.03. The summed E-state index contributed by atoms with van der Waals surface area (Å²) >= 11 is 1.72. The maximum absolute atomic E-state index is 12.6. The molecule has 0 saturated carbocycles. The van der Waals surface area contributed by atoms with E-state index in [2.05, 4.69) is 40.8 Å². The van der Waals surface area contributed by atoms with Gasteiger partial charge in [-0.1, -0.05) is 30.3 Å². The van der Waals surface area contributed by atoms with Gasteiger partial charge in [0.15, 0.2) is 5.96 Å². The van der Waals surface area contributed by atoms with Crippen molar-refractivity contribution in [3.8, 4) is 0 Å². The Bertz CT molecular complexity index is 910. The molecular formula is C20H28N4O2S2. The van der Waals surface area contributed by atoms with Crippen LogP contribution in [0.2, 0.25) is 0 Å². The van der Waals surface area contributed by atoms with Crippen molar-refractivity contribution < 1.29 is 8.42 Å². The fourth-order valence-electron chi connectivity index (χ4n) is 2.74.